The average Bonchev–Trinajstić information content (AvgIpc) is 2.87. The third-order valence-electron chi connectivity index (χ3n) is 2.14. The average molecular weight is 234 g/mol. The predicted octanol–water partition coefficient (Wildman–Crippen LogP) is 2.02. The molecule has 0 aliphatic rings. The van der Waals surface area contributed by atoms with Gasteiger partial charge in [0.05, 0.1) is 16.4 Å². The summed E-state index contributed by atoms with van der Waals surface area (Å²) in [7, 11) is 0. The fraction of sp³-hybridized carbons (Fsp3) is 0.182. The molecule has 0 saturated heterocycles. The lowest BCUT2D eigenvalue weighted by Gasteiger charge is -1.94. The summed E-state index contributed by atoms with van der Waals surface area (Å²) in [6.45, 7) is 1.90. The SMILES string of the molecule is Cc1ncc(CC(=O)c2ccc(C=O)[nH]2)s1. The summed E-state index contributed by atoms with van der Waals surface area (Å²) < 4.78 is 0. The van der Waals surface area contributed by atoms with Crippen LogP contribution in [0.4, 0.5) is 0 Å². The predicted molar refractivity (Wildman–Crippen MR) is 61.1 cm³/mol. The van der Waals surface area contributed by atoms with E-state index in [0.717, 1.165) is 9.88 Å². The van der Waals surface area contributed by atoms with Gasteiger partial charge in [-0.05, 0) is 19.1 Å². The molecule has 16 heavy (non-hydrogen) atoms. The second-order valence-corrected chi connectivity index (χ2v) is 4.71. The van der Waals surface area contributed by atoms with Crippen LogP contribution in [0.2, 0.25) is 0 Å². The molecule has 0 aliphatic heterocycles. The Morgan fingerprint density at radius 2 is 2.38 bits per heavy atom. The van der Waals surface area contributed by atoms with Gasteiger partial charge in [0.1, 0.15) is 0 Å². The third-order valence-corrected chi connectivity index (χ3v) is 3.05. The van der Waals surface area contributed by atoms with Gasteiger partial charge in [-0.1, -0.05) is 0 Å². The Kier molecular flexibility index (Phi) is 2.96. The Labute approximate surface area is 96.3 Å². The van der Waals surface area contributed by atoms with Crippen molar-refractivity contribution in [2.45, 2.75) is 13.3 Å². The Bertz CT molecular complexity index is 528. The zero-order valence-electron chi connectivity index (χ0n) is 8.69. The van der Waals surface area contributed by atoms with Crippen molar-refractivity contribution in [3.8, 4) is 0 Å². The van der Waals surface area contributed by atoms with E-state index < -0.39 is 0 Å². The maximum atomic E-state index is 11.8. The number of thiazole rings is 1. The number of H-pyrrole nitrogens is 1. The fourth-order valence-corrected chi connectivity index (χ4v) is 2.18. The van der Waals surface area contributed by atoms with Gasteiger partial charge in [-0.15, -0.1) is 11.3 Å². The molecule has 0 amide bonds. The van der Waals surface area contributed by atoms with Gasteiger partial charge in [-0.2, -0.15) is 0 Å². The number of aldehydes is 1. The number of Topliss-reactive ketones (excluding diaryl/α,β-unsaturated/α-hetero) is 1. The number of carbonyl (C=O) groups excluding carboxylic acids is 2. The molecule has 0 unspecified atom stereocenters. The minimum Gasteiger partial charge on any atom is -0.350 e. The molecule has 4 nitrogen and oxygen atoms in total. The number of hydrogen-bond acceptors (Lipinski definition) is 4. The Hall–Kier alpha value is -1.75. The van der Waals surface area contributed by atoms with Gasteiger partial charge >= 0.3 is 0 Å². The number of rotatable bonds is 4. The van der Waals surface area contributed by atoms with Gasteiger partial charge in [0.2, 0.25) is 0 Å². The van der Waals surface area contributed by atoms with E-state index in [9.17, 15) is 9.59 Å². The smallest absolute Gasteiger partial charge is 0.184 e. The number of carbonyl (C=O) groups is 2. The van der Waals surface area contributed by atoms with E-state index in [4.69, 9.17) is 0 Å². The van der Waals surface area contributed by atoms with Crippen LogP contribution in [0.5, 0.6) is 0 Å². The molecule has 2 aromatic rings. The zero-order chi connectivity index (χ0) is 11.5. The number of ketones is 1. The number of aromatic amines is 1. The second kappa shape index (κ2) is 4.40. The van der Waals surface area contributed by atoms with Gasteiger partial charge < -0.3 is 4.98 Å². The lowest BCUT2D eigenvalue weighted by Crippen LogP contribution is -2.02. The summed E-state index contributed by atoms with van der Waals surface area (Å²) in [5.41, 5.74) is 0.886. The van der Waals surface area contributed by atoms with Crippen molar-refractivity contribution in [3.05, 3.63) is 39.6 Å². The first-order chi connectivity index (χ1) is 7.69. The van der Waals surface area contributed by atoms with Crippen LogP contribution in [0.1, 0.15) is 30.9 Å². The maximum absolute atomic E-state index is 11.8. The van der Waals surface area contributed by atoms with E-state index >= 15 is 0 Å². The molecule has 0 saturated carbocycles. The minimum atomic E-state index is -0.0308. The molecule has 0 aliphatic carbocycles. The van der Waals surface area contributed by atoms with Crippen LogP contribution >= 0.6 is 11.3 Å². The third kappa shape index (κ3) is 2.25. The molecule has 1 N–H and O–H groups in total. The topological polar surface area (TPSA) is 62.8 Å². The highest BCUT2D eigenvalue weighted by atomic mass is 32.1. The Morgan fingerprint density at radius 1 is 1.56 bits per heavy atom. The van der Waals surface area contributed by atoms with Crippen molar-refractivity contribution in [2.75, 3.05) is 0 Å². The first kappa shape index (κ1) is 10.8. The van der Waals surface area contributed by atoms with Crippen molar-refractivity contribution in [1.82, 2.24) is 9.97 Å². The molecular formula is C11H10N2O2S. The van der Waals surface area contributed by atoms with Gasteiger partial charge in [0, 0.05) is 17.5 Å². The quantitative estimate of drug-likeness (QED) is 0.650. The van der Waals surface area contributed by atoms with Crippen LogP contribution in [-0.2, 0) is 6.42 Å². The molecule has 82 valence electrons. The molecule has 0 aromatic carbocycles. The summed E-state index contributed by atoms with van der Waals surface area (Å²) in [5, 5.41) is 0.947. The standard InChI is InChI=1S/C11H10N2O2S/c1-7-12-5-9(16-7)4-11(15)10-3-2-8(6-14)13-10/h2-3,5-6,13H,4H2,1H3. The number of aromatic nitrogens is 2. The van der Waals surface area contributed by atoms with E-state index in [1.165, 1.54) is 11.3 Å². The van der Waals surface area contributed by atoms with E-state index in [1.807, 2.05) is 6.92 Å². The number of hydrogen-bond donors (Lipinski definition) is 1. The van der Waals surface area contributed by atoms with Crippen molar-refractivity contribution in [1.29, 1.82) is 0 Å². The highest BCUT2D eigenvalue weighted by Gasteiger charge is 2.10. The van der Waals surface area contributed by atoms with Crippen molar-refractivity contribution in [3.63, 3.8) is 0 Å². The molecule has 2 heterocycles. The van der Waals surface area contributed by atoms with E-state index in [0.29, 0.717) is 24.1 Å². The summed E-state index contributed by atoms with van der Waals surface area (Å²) >= 11 is 1.51. The molecule has 0 radical (unpaired) electrons. The molecule has 0 fully saturated rings. The van der Waals surface area contributed by atoms with Crippen molar-refractivity contribution < 1.29 is 9.59 Å². The van der Waals surface area contributed by atoms with Crippen LogP contribution in [-0.4, -0.2) is 22.0 Å². The summed E-state index contributed by atoms with van der Waals surface area (Å²) in [6.07, 6.45) is 2.72. The molecule has 2 aromatic heterocycles. The molecule has 0 atom stereocenters. The minimum absolute atomic E-state index is 0.0308. The highest BCUT2D eigenvalue weighted by molar-refractivity contribution is 7.11. The van der Waals surface area contributed by atoms with Crippen LogP contribution in [0.25, 0.3) is 0 Å². The summed E-state index contributed by atoms with van der Waals surface area (Å²) in [4.78, 5) is 30.0. The lowest BCUT2D eigenvalue weighted by atomic mass is 10.2. The van der Waals surface area contributed by atoms with Crippen molar-refractivity contribution >= 4 is 23.4 Å². The molecule has 0 spiro atoms. The Morgan fingerprint density at radius 3 is 2.94 bits per heavy atom. The number of nitrogens with zero attached hydrogens (tertiary/aromatic N) is 1. The first-order valence-corrected chi connectivity index (χ1v) is 5.59. The first-order valence-electron chi connectivity index (χ1n) is 4.78. The van der Waals surface area contributed by atoms with Crippen LogP contribution in [0, 0.1) is 6.92 Å². The summed E-state index contributed by atoms with van der Waals surface area (Å²) in [6, 6.07) is 3.22. The molecule has 0 bridgehead atoms. The maximum Gasteiger partial charge on any atom is 0.184 e. The fourth-order valence-electron chi connectivity index (χ4n) is 1.38. The zero-order valence-corrected chi connectivity index (χ0v) is 9.50. The van der Waals surface area contributed by atoms with Gasteiger partial charge in [0.15, 0.2) is 12.1 Å². The summed E-state index contributed by atoms with van der Waals surface area (Å²) in [5.74, 6) is -0.0308. The van der Waals surface area contributed by atoms with Crippen molar-refractivity contribution in [2.24, 2.45) is 0 Å². The molecule has 2 rings (SSSR count). The van der Waals surface area contributed by atoms with E-state index in [1.54, 1.807) is 18.3 Å². The van der Waals surface area contributed by atoms with Gasteiger partial charge in [-0.25, -0.2) is 4.98 Å². The number of aryl methyl sites for hydroxylation is 1. The van der Waals surface area contributed by atoms with Crippen LogP contribution in [0.15, 0.2) is 18.3 Å². The van der Waals surface area contributed by atoms with E-state index in [-0.39, 0.29) is 5.78 Å². The molecular weight excluding hydrogens is 224 g/mol. The Balaban J connectivity index is 2.11. The van der Waals surface area contributed by atoms with Gasteiger partial charge in [-0.3, -0.25) is 9.59 Å². The lowest BCUT2D eigenvalue weighted by molar-refractivity contribution is 0.0989. The largest absolute Gasteiger partial charge is 0.350 e. The van der Waals surface area contributed by atoms with Crippen LogP contribution in [0.3, 0.4) is 0 Å². The normalized spacial score (nSPS) is 10.3. The highest BCUT2D eigenvalue weighted by Crippen LogP contribution is 2.14. The van der Waals surface area contributed by atoms with Crippen LogP contribution < -0.4 is 0 Å². The second-order valence-electron chi connectivity index (χ2n) is 3.39. The van der Waals surface area contributed by atoms with E-state index in [2.05, 4.69) is 9.97 Å². The number of nitrogens with one attached hydrogen (secondary N) is 1. The van der Waals surface area contributed by atoms with Gasteiger partial charge in [0.25, 0.3) is 0 Å². The monoisotopic (exact) mass is 234 g/mol. The molecule has 5 heteroatoms.